The zero-order chi connectivity index (χ0) is 15.1. The number of aromatic amines is 1. The Bertz CT molecular complexity index is 686. The molecule has 0 bridgehead atoms. The first-order chi connectivity index (χ1) is 10.8. The first-order valence-corrected chi connectivity index (χ1v) is 8.38. The van der Waals surface area contributed by atoms with Gasteiger partial charge in [0.15, 0.2) is 0 Å². The van der Waals surface area contributed by atoms with Crippen molar-refractivity contribution in [3.05, 3.63) is 36.0 Å². The molecule has 0 spiro atoms. The number of carbonyl (C=O) groups excluding carboxylic acids is 1. The van der Waals surface area contributed by atoms with E-state index in [1.54, 1.807) is 0 Å². The molecule has 1 saturated carbocycles. The fourth-order valence-electron chi connectivity index (χ4n) is 4.29. The Balaban J connectivity index is 1.75. The summed E-state index contributed by atoms with van der Waals surface area (Å²) in [6.45, 7) is 0. The van der Waals surface area contributed by atoms with Gasteiger partial charge < -0.3 is 15.6 Å². The predicted molar refractivity (Wildman–Crippen MR) is 87.4 cm³/mol. The molecule has 4 heteroatoms. The second kappa shape index (κ2) is 5.43. The fourth-order valence-corrected chi connectivity index (χ4v) is 4.29. The number of hydrogen-bond donors (Lipinski definition) is 2. The van der Waals surface area contributed by atoms with Crippen LogP contribution in [0, 0.1) is 0 Å². The number of carbonyl (C=O) groups is 1. The van der Waals surface area contributed by atoms with E-state index in [2.05, 4.69) is 22.0 Å². The average molecular weight is 297 g/mol. The first-order valence-electron chi connectivity index (χ1n) is 8.38. The predicted octanol–water partition coefficient (Wildman–Crippen LogP) is 3.10. The van der Waals surface area contributed by atoms with Crippen molar-refractivity contribution in [3.8, 4) is 0 Å². The van der Waals surface area contributed by atoms with E-state index in [1.165, 1.54) is 30.2 Å². The number of rotatable bonds is 2. The molecule has 22 heavy (non-hydrogen) atoms. The van der Waals surface area contributed by atoms with Crippen LogP contribution in [0.2, 0.25) is 0 Å². The monoisotopic (exact) mass is 297 g/mol. The Kier molecular flexibility index (Phi) is 3.41. The molecule has 2 unspecified atom stereocenters. The molecule has 1 aliphatic heterocycles. The van der Waals surface area contributed by atoms with Gasteiger partial charge in [-0.25, -0.2) is 0 Å². The number of likely N-dealkylation sites (tertiary alicyclic amines) is 1. The molecular formula is C18H23N3O. The van der Waals surface area contributed by atoms with Crippen LogP contribution in [0.4, 0.5) is 0 Å². The van der Waals surface area contributed by atoms with Gasteiger partial charge in [0.1, 0.15) is 0 Å². The maximum absolute atomic E-state index is 12.6. The number of fused-ring (bicyclic) bond motifs is 1. The number of benzene rings is 1. The molecule has 1 amide bonds. The third kappa shape index (κ3) is 2.13. The summed E-state index contributed by atoms with van der Waals surface area (Å²) in [7, 11) is 0. The molecule has 2 aromatic rings. The van der Waals surface area contributed by atoms with Crippen LogP contribution >= 0.6 is 0 Å². The van der Waals surface area contributed by atoms with Gasteiger partial charge >= 0.3 is 0 Å². The molecule has 1 aromatic heterocycles. The van der Waals surface area contributed by atoms with Crippen LogP contribution in [0.25, 0.3) is 10.9 Å². The second-order valence-electron chi connectivity index (χ2n) is 6.70. The summed E-state index contributed by atoms with van der Waals surface area (Å²) in [6, 6.07) is 8.56. The van der Waals surface area contributed by atoms with Crippen molar-refractivity contribution in [2.75, 3.05) is 0 Å². The zero-order valence-electron chi connectivity index (χ0n) is 12.8. The van der Waals surface area contributed by atoms with Gasteiger partial charge in [-0.3, -0.25) is 4.79 Å². The highest BCUT2D eigenvalue weighted by atomic mass is 16.2. The maximum Gasteiger partial charge on any atom is 0.225 e. The summed E-state index contributed by atoms with van der Waals surface area (Å²) in [5.41, 5.74) is 8.67. The van der Waals surface area contributed by atoms with Crippen molar-refractivity contribution in [1.29, 1.82) is 0 Å². The van der Waals surface area contributed by atoms with E-state index >= 15 is 0 Å². The van der Waals surface area contributed by atoms with Gasteiger partial charge in [-0.15, -0.1) is 0 Å². The quantitative estimate of drug-likeness (QED) is 0.894. The second-order valence-corrected chi connectivity index (χ2v) is 6.70. The van der Waals surface area contributed by atoms with Crippen molar-refractivity contribution in [2.45, 2.75) is 56.7 Å². The van der Waals surface area contributed by atoms with Crippen molar-refractivity contribution < 1.29 is 4.79 Å². The van der Waals surface area contributed by atoms with Gasteiger partial charge in [-0.05, 0) is 18.9 Å². The summed E-state index contributed by atoms with van der Waals surface area (Å²) < 4.78 is 0. The van der Waals surface area contributed by atoms with Crippen LogP contribution in [0.1, 0.15) is 50.1 Å². The highest BCUT2D eigenvalue weighted by molar-refractivity contribution is 5.87. The van der Waals surface area contributed by atoms with E-state index in [4.69, 9.17) is 5.73 Å². The lowest BCUT2D eigenvalue weighted by Crippen LogP contribution is -2.41. The molecule has 0 radical (unpaired) electrons. The van der Waals surface area contributed by atoms with Gasteiger partial charge in [-0.2, -0.15) is 0 Å². The third-order valence-corrected chi connectivity index (χ3v) is 5.31. The minimum atomic E-state index is -0.103. The number of H-pyrrole nitrogens is 1. The SMILES string of the molecule is NC1CC(=O)N(C2CCCCC2)C1c1c[nH]c2ccccc12. The number of nitrogens with one attached hydrogen (secondary N) is 1. The molecule has 4 nitrogen and oxygen atoms in total. The fraction of sp³-hybridized carbons (Fsp3) is 0.500. The van der Waals surface area contributed by atoms with Crippen LogP contribution in [-0.2, 0) is 4.79 Å². The number of hydrogen-bond acceptors (Lipinski definition) is 2. The Labute approximate surface area is 130 Å². The molecule has 2 aliphatic rings. The minimum absolute atomic E-state index is 0.0201. The zero-order valence-corrected chi connectivity index (χ0v) is 12.8. The topological polar surface area (TPSA) is 62.1 Å². The summed E-state index contributed by atoms with van der Waals surface area (Å²) >= 11 is 0. The van der Waals surface area contributed by atoms with E-state index in [9.17, 15) is 4.79 Å². The van der Waals surface area contributed by atoms with Gasteiger partial charge in [0, 0.05) is 41.2 Å². The highest BCUT2D eigenvalue weighted by Gasteiger charge is 2.43. The van der Waals surface area contributed by atoms with E-state index in [-0.39, 0.29) is 18.0 Å². The average Bonchev–Trinajstić information content (AvgIpc) is 3.08. The summed E-state index contributed by atoms with van der Waals surface area (Å²) in [5.74, 6) is 0.231. The van der Waals surface area contributed by atoms with E-state index < -0.39 is 0 Å². The van der Waals surface area contributed by atoms with Crippen LogP contribution in [-0.4, -0.2) is 27.9 Å². The normalized spacial score (nSPS) is 27.0. The van der Waals surface area contributed by atoms with Crippen LogP contribution in [0.3, 0.4) is 0 Å². The first kappa shape index (κ1) is 13.8. The van der Waals surface area contributed by atoms with Gasteiger partial charge in [-0.1, -0.05) is 37.5 Å². The van der Waals surface area contributed by atoms with Crippen molar-refractivity contribution in [2.24, 2.45) is 5.73 Å². The standard InChI is InChI=1S/C18H23N3O/c19-15-10-17(22)21(12-6-2-1-3-7-12)18(15)14-11-20-16-9-5-4-8-13(14)16/h4-5,8-9,11-12,15,18,20H,1-3,6-7,10,19H2. The Morgan fingerprint density at radius 3 is 2.73 bits per heavy atom. The van der Waals surface area contributed by atoms with Crippen LogP contribution < -0.4 is 5.73 Å². The Morgan fingerprint density at radius 2 is 1.91 bits per heavy atom. The molecule has 1 aliphatic carbocycles. The lowest BCUT2D eigenvalue weighted by Gasteiger charge is -2.36. The Morgan fingerprint density at radius 1 is 1.14 bits per heavy atom. The van der Waals surface area contributed by atoms with Crippen molar-refractivity contribution in [3.63, 3.8) is 0 Å². The van der Waals surface area contributed by atoms with Crippen molar-refractivity contribution in [1.82, 2.24) is 9.88 Å². The lowest BCUT2D eigenvalue weighted by atomic mass is 9.92. The molecular weight excluding hydrogens is 274 g/mol. The highest BCUT2D eigenvalue weighted by Crippen LogP contribution is 2.40. The van der Waals surface area contributed by atoms with E-state index in [1.807, 2.05) is 18.3 Å². The molecule has 2 atom stereocenters. The summed E-state index contributed by atoms with van der Waals surface area (Å²) in [4.78, 5) is 18.0. The van der Waals surface area contributed by atoms with Gasteiger partial charge in [0.2, 0.25) is 5.91 Å². The molecule has 2 heterocycles. The molecule has 2 fully saturated rings. The lowest BCUT2D eigenvalue weighted by molar-refractivity contribution is -0.132. The molecule has 116 valence electrons. The summed E-state index contributed by atoms with van der Waals surface area (Å²) in [6.07, 6.45) is 8.51. The maximum atomic E-state index is 12.6. The number of nitrogens with two attached hydrogens (primary N) is 1. The number of para-hydroxylation sites is 1. The van der Waals surface area contributed by atoms with E-state index in [0.717, 1.165) is 18.4 Å². The molecule has 1 saturated heterocycles. The number of amides is 1. The van der Waals surface area contributed by atoms with Crippen LogP contribution in [0.15, 0.2) is 30.5 Å². The minimum Gasteiger partial charge on any atom is -0.361 e. The molecule has 3 N–H and O–H groups in total. The van der Waals surface area contributed by atoms with Gasteiger partial charge in [0.05, 0.1) is 6.04 Å². The van der Waals surface area contributed by atoms with Gasteiger partial charge in [0.25, 0.3) is 0 Å². The third-order valence-electron chi connectivity index (χ3n) is 5.31. The smallest absolute Gasteiger partial charge is 0.225 e. The number of aromatic nitrogens is 1. The summed E-state index contributed by atoms with van der Waals surface area (Å²) in [5, 5.41) is 1.19. The largest absolute Gasteiger partial charge is 0.361 e. The Hall–Kier alpha value is -1.81. The number of nitrogens with zero attached hydrogens (tertiary/aromatic N) is 1. The molecule has 1 aromatic carbocycles. The van der Waals surface area contributed by atoms with Crippen LogP contribution in [0.5, 0.6) is 0 Å². The molecule has 4 rings (SSSR count). The van der Waals surface area contributed by atoms with Crippen molar-refractivity contribution >= 4 is 16.8 Å². The van der Waals surface area contributed by atoms with E-state index in [0.29, 0.717) is 12.5 Å².